The van der Waals surface area contributed by atoms with Crippen LogP contribution in [0.25, 0.3) is 0 Å². The lowest BCUT2D eigenvalue weighted by Crippen LogP contribution is -1.91. The van der Waals surface area contributed by atoms with Crippen LogP contribution in [0, 0.1) is 6.08 Å². The molecule has 0 aliphatic heterocycles. The Balaban J connectivity index is 3.03. The molecule has 1 radical (unpaired) electrons. The molecule has 1 nitrogen and oxygen atoms in total. The second-order valence-corrected chi connectivity index (χ2v) is 1.13. The van der Waals surface area contributed by atoms with Crippen molar-refractivity contribution in [3.05, 3.63) is 12.2 Å². The minimum absolute atomic E-state index is 0.407. The van der Waals surface area contributed by atoms with Gasteiger partial charge >= 0.3 is 0 Å². The summed E-state index contributed by atoms with van der Waals surface area (Å²) in [7, 11) is 0. The summed E-state index contributed by atoms with van der Waals surface area (Å²) in [5, 5.41) is 8.41. The van der Waals surface area contributed by atoms with Gasteiger partial charge in [0.1, 0.15) is 0 Å². The number of hydrogen-bond acceptors (Lipinski definition) is 1. The quantitative estimate of drug-likeness (QED) is 0.498. The minimum Gasteiger partial charge on any atom is -0.389 e. The van der Waals surface area contributed by atoms with Gasteiger partial charge < -0.3 is 5.11 Å². The SMILES string of the molecule is CC=[C][C@H](C)O. The lowest BCUT2D eigenvalue weighted by atomic mass is 10.4. The first-order valence-electron chi connectivity index (χ1n) is 1.99. The van der Waals surface area contributed by atoms with Gasteiger partial charge in [-0.1, -0.05) is 6.08 Å². The van der Waals surface area contributed by atoms with Crippen LogP contribution in [0.3, 0.4) is 0 Å². The van der Waals surface area contributed by atoms with E-state index < -0.39 is 6.10 Å². The zero-order valence-corrected chi connectivity index (χ0v) is 4.10. The Hall–Kier alpha value is -0.300. The van der Waals surface area contributed by atoms with Gasteiger partial charge in [0.05, 0.1) is 6.10 Å². The fourth-order valence-corrected chi connectivity index (χ4v) is 0.241. The lowest BCUT2D eigenvalue weighted by Gasteiger charge is -1.85. The van der Waals surface area contributed by atoms with Gasteiger partial charge in [-0.3, -0.25) is 0 Å². The Labute approximate surface area is 38.3 Å². The largest absolute Gasteiger partial charge is 0.389 e. The smallest absolute Gasteiger partial charge is 0.0762 e. The van der Waals surface area contributed by atoms with Gasteiger partial charge in [-0.2, -0.15) is 0 Å². The second kappa shape index (κ2) is 2.91. The summed E-state index contributed by atoms with van der Waals surface area (Å²) >= 11 is 0. The molecule has 0 rings (SSSR count). The van der Waals surface area contributed by atoms with E-state index >= 15 is 0 Å². The van der Waals surface area contributed by atoms with Crippen LogP contribution in [0.1, 0.15) is 13.8 Å². The molecule has 6 heavy (non-hydrogen) atoms. The molecular formula is C5H9O. The molecule has 0 aliphatic rings. The first-order valence-corrected chi connectivity index (χ1v) is 1.99. The summed E-state index contributed by atoms with van der Waals surface area (Å²) < 4.78 is 0. The van der Waals surface area contributed by atoms with Crippen molar-refractivity contribution in [2.45, 2.75) is 20.0 Å². The van der Waals surface area contributed by atoms with E-state index in [1.165, 1.54) is 0 Å². The van der Waals surface area contributed by atoms with E-state index in [0.29, 0.717) is 0 Å². The maximum absolute atomic E-state index is 8.41. The molecule has 1 atom stereocenters. The third-order valence-corrected chi connectivity index (χ3v) is 0.408. The van der Waals surface area contributed by atoms with Crippen LogP contribution < -0.4 is 0 Å². The van der Waals surface area contributed by atoms with Gasteiger partial charge in [-0.25, -0.2) is 0 Å². The number of aliphatic hydroxyl groups excluding tert-OH is 1. The molecule has 0 aromatic heterocycles. The van der Waals surface area contributed by atoms with Crippen molar-refractivity contribution in [3.63, 3.8) is 0 Å². The van der Waals surface area contributed by atoms with Crippen LogP contribution in [0.4, 0.5) is 0 Å². The molecule has 0 fully saturated rings. The van der Waals surface area contributed by atoms with E-state index in [1.54, 1.807) is 13.0 Å². The predicted octanol–water partition coefficient (Wildman–Crippen LogP) is 0.746. The summed E-state index contributed by atoms with van der Waals surface area (Å²) in [5.74, 6) is 0. The topological polar surface area (TPSA) is 20.2 Å². The first kappa shape index (κ1) is 5.70. The van der Waals surface area contributed by atoms with Crippen molar-refractivity contribution < 1.29 is 5.11 Å². The molecule has 0 spiro atoms. The maximum Gasteiger partial charge on any atom is 0.0762 e. The number of allylic oxidation sites excluding steroid dienone is 1. The highest BCUT2D eigenvalue weighted by atomic mass is 16.3. The first-order chi connectivity index (χ1) is 2.77. The molecule has 0 heterocycles. The summed E-state index contributed by atoms with van der Waals surface area (Å²) in [6.07, 6.45) is 3.93. The lowest BCUT2D eigenvalue weighted by molar-refractivity contribution is 0.237. The van der Waals surface area contributed by atoms with E-state index in [9.17, 15) is 0 Å². The number of aliphatic hydroxyl groups is 1. The third kappa shape index (κ3) is 3.70. The molecule has 0 saturated carbocycles. The van der Waals surface area contributed by atoms with E-state index in [0.717, 1.165) is 0 Å². The second-order valence-electron chi connectivity index (χ2n) is 1.13. The maximum atomic E-state index is 8.41. The Kier molecular flexibility index (Phi) is 2.77. The van der Waals surface area contributed by atoms with Crippen LogP contribution >= 0.6 is 0 Å². The zero-order valence-electron chi connectivity index (χ0n) is 4.10. The Morgan fingerprint density at radius 1 is 1.83 bits per heavy atom. The van der Waals surface area contributed by atoms with Gasteiger partial charge in [0.15, 0.2) is 0 Å². The molecule has 0 aromatic rings. The molecule has 35 valence electrons. The van der Waals surface area contributed by atoms with Crippen LogP contribution in [-0.2, 0) is 0 Å². The van der Waals surface area contributed by atoms with Crippen molar-refractivity contribution in [1.29, 1.82) is 0 Å². The highest BCUT2D eigenvalue weighted by Crippen LogP contribution is 1.76. The third-order valence-electron chi connectivity index (χ3n) is 0.408. The Morgan fingerprint density at radius 3 is 2.33 bits per heavy atom. The predicted molar refractivity (Wildman–Crippen MR) is 25.2 cm³/mol. The molecule has 1 heteroatoms. The van der Waals surface area contributed by atoms with Crippen LogP contribution in [0.2, 0.25) is 0 Å². The molecular weight excluding hydrogens is 76.1 g/mol. The monoisotopic (exact) mass is 85.1 g/mol. The highest BCUT2D eigenvalue weighted by Gasteiger charge is 1.79. The van der Waals surface area contributed by atoms with Crippen molar-refractivity contribution in [2.75, 3.05) is 0 Å². The Bertz CT molecular complexity index is 45.9. The average Bonchev–Trinajstić information content (AvgIpc) is 1.35. The van der Waals surface area contributed by atoms with Crippen molar-refractivity contribution in [3.8, 4) is 0 Å². The Morgan fingerprint density at radius 2 is 2.33 bits per heavy atom. The van der Waals surface area contributed by atoms with Crippen LogP contribution in [0.15, 0.2) is 6.08 Å². The fraction of sp³-hybridized carbons (Fsp3) is 0.600. The average molecular weight is 85.1 g/mol. The molecule has 1 N–H and O–H groups in total. The van der Waals surface area contributed by atoms with Crippen LogP contribution in [0.5, 0.6) is 0 Å². The van der Waals surface area contributed by atoms with Crippen LogP contribution in [-0.4, -0.2) is 11.2 Å². The molecule has 0 amide bonds. The summed E-state index contributed by atoms with van der Waals surface area (Å²) in [4.78, 5) is 0. The van der Waals surface area contributed by atoms with Gasteiger partial charge in [-0.15, -0.1) is 0 Å². The molecule has 0 bridgehead atoms. The highest BCUT2D eigenvalue weighted by molar-refractivity contribution is 4.71. The summed E-state index contributed by atoms with van der Waals surface area (Å²) in [5.41, 5.74) is 0. The zero-order chi connectivity index (χ0) is 4.99. The molecule has 0 saturated heterocycles. The minimum atomic E-state index is -0.407. The van der Waals surface area contributed by atoms with E-state index in [1.807, 2.05) is 6.92 Å². The van der Waals surface area contributed by atoms with Crippen molar-refractivity contribution >= 4 is 0 Å². The standard InChI is InChI=1S/C5H9O/c1-3-4-5(2)6/h3,5-6H,1-2H3/t5-/m0/s1. The van der Waals surface area contributed by atoms with Gasteiger partial charge in [0.2, 0.25) is 0 Å². The van der Waals surface area contributed by atoms with Gasteiger partial charge in [0.25, 0.3) is 0 Å². The normalized spacial score (nSPS) is 15.8. The van der Waals surface area contributed by atoms with Crippen molar-refractivity contribution in [2.24, 2.45) is 0 Å². The van der Waals surface area contributed by atoms with E-state index in [4.69, 9.17) is 5.11 Å². The molecule has 0 unspecified atom stereocenters. The number of hydrogen-bond donors (Lipinski definition) is 1. The van der Waals surface area contributed by atoms with Crippen molar-refractivity contribution in [1.82, 2.24) is 0 Å². The van der Waals surface area contributed by atoms with E-state index in [2.05, 4.69) is 6.08 Å². The molecule has 0 aliphatic carbocycles. The molecule has 0 aromatic carbocycles. The van der Waals surface area contributed by atoms with E-state index in [-0.39, 0.29) is 0 Å². The number of rotatable bonds is 1. The fourth-order valence-electron chi connectivity index (χ4n) is 0.241. The summed E-state index contributed by atoms with van der Waals surface area (Å²) in [6, 6.07) is 0. The summed E-state index contributed by atoms with van der Waals surface area (Å²) in [6.45, 7) is 3.49. The van der Waals surface area contributed by atoms with Gasteiger partial charge in [0, 0.05) is 0 Å². The van der Waals surface area contributed by atoms with Gasteiger partial charge in [-0.05, 0) is 19.9 Å².